The van der Waals surface area contributed by atoms with E-state index in [2.05, 4.69) is 33.0 Å². The molecule has 1 amide bonds. The van der Waals surface area contributed by atoms with E-state index < -0.39 is 0 Å². The Balaban J connectivity index is 2.12. The van der Waals surface area contributed by atoms with Gasteiger partial charge in [0.1, 0.15) is 18.0 Å². The van der Waals surface area contributed by atoms with Gasteiger partial charge in [-0.3, -0.25) is 4.79 Å². The first-order chi connectivity index (χ1) is 9.24. The molecule has 0 spiro atoms. The first kappa shape index (κ1) is 13.5. The smallest absolute Gasteiger partial charge is 0.220 e. The van der Waals surface area contributed by atoms with Gasteiger partial charge in [-0.2, -0.15) is 0 Å². The number of nitrogens with zero attached hydrogens (tertiary/aromatic N) is 2. The molecule has 1 unspecified atom stereocenters. The molecule has 1 aromatic rings. The van der Waals surface area contributed by atoms with Gasteiger partial charge in [0.15, 0.2) is 0 Å². The first-order valence-electron chi connectivity index (χ1n) is 6.58. The molecule has 5 N–H and O–H groups in total. The number of anilines is 2. The van der Waals surface area contributed by atoms with Crippen LogP contribution in [0.25, 0.3) is 0 Å². The molecule has 7 nitrogen and oxygen atoms in total. The van der Waals surface area contributed by atoms with Gasteiger partial charge in [0, 0.05) is 24.6 Å². The van der Waals surface area contributed by atoms with E-state index in [0.717, 1.165) is 30.6 Å². The molecular formula is C12H20N6O. The van der Waals surface area contributed by atoms with Gasteiger partial charge in [-0.15, -0.1) is 0 Å². The third-order valence-corrected chi connectivity index (χ3v) is 3.19. The van der Waals surface area contributed by atoms with Crippen molar-refractivity contribution in [1.82, 2.24) is 15.3 Å². The third-order valence-electron chi connectivity index (χ3n) is 3.19. The standard InChI is InChI=1S/C12H20N6O/c1-2-3-9-11(15-7-16-12(9)18-13)17-8-4-5-10(19)14-6-8/h7-8H,2-6,13H2,1H3,(H,14,19)(H2,15,16,17,18). The van der Waals surface area contributed by atoms with E-state index in [4.69, 9.17) is 5.84 Å². The Morgan fingerprint density at radius 2 is 2.26 bits per heavy atom. The summed E-state index contributed by atoms with van der Waals surface area (Å²) in [6, 6.07) is 0.203. The fourth-order valence-corrected chi connectivity index (χ4v) is 2.20. The van der Waals surface area contributed by atoms with Crippen molar-refractivity contribution in [1.29, 1.82) is 0 Å². The van der Waals surface area contributed by atoms with Crippen LogP contribution in [-0.4, -0.2) is 28.5 Å². The van der Waals surface area contributed by atoms with Crippen molar-refractivity contribution in [3.8, 4) is 0 Å². The minimum atomic E-state index is 0.110. The number of nitrogen functional groups attached to an aromatic ring is 1. The van der Waals surface area contributed by atoms with Crippen molar-refractivity contribution in [2.24, 2.45) is 5.84 Å². The highest BCUT2D eigenvalue weighted by Gasteiger charge is 2.20. The molecular weight excluding hydrogens is 244 g/mol. The largest absolute Gasteiger partial charge is 0.365 e. The lowest BCUT2D eigenvalue weighted by Gasteiger charge is -2.25. The Labute approximate surface area is 112 Å². The Morgan fingerprint density at radius 1 is 1.47 bits per heavy atom. The Hall–Kier alpha value is -1.89. The lowest BCUT2D eigenvalue weighted by molar-refractivity contribution is -0.122. The number of nitrogens with one attached hydrogen (secondary N) is 3. The minimum Gasteiger partial charge on any atom is -0.365 e. The zero-order valence-corrected chi connectivity index (χ0v) is 11.1. The summed E-state index contributed by atoms with van der Waals surface area (Å²) in [5.74, 6) is 7.04. The molecule has 1 aliphatic rings. The van der Waals surface area contributed by atoms with Crippen LogP contribution in [0.1, 0.15) is 31.7 Å². The molecule has 1 atom stereocenters. The molecule has 0 bridgehead atoms. The Morgan fingerprint density at radius 3 is 2.89 bits per heavy atom. The molecule has 104 valence electrons. The average molecular weight is 264 g/mol. The van der Waals surface area contributed by atoms with E-state index in [1.165, 1.54) is 6.33 Å². The van der Waals surface area contributed by atoms with Crippen molar-refractivity contribution >= 4 is 17.5 Å². The molecule has 0 saturated carbocycles. The second kappa shape index (κ2) is 6.33. The van der Waals surface area contributed by atoms with Gasteiger partial charge in [-0.05, 0) is 12.8 Å². The van der Waals surface area contributed by atoms with E-state index in [-0.39, 0.29) is 11.9 Å². The van der Waals surface area contributed by atoms with Crippen LogP contribution in [-0.2, 0) is 11.2 Å². The highest BCUT2D eigenvalue weighted by Crippen LogP contribution is 2.22. The van der Waals surface area contributed by atoms with Crippen LogP contribution in [0.2, 0.25) is 0 Å². The first-order valence-corrected chi connectivity index (χ1v) is 6.58. The fraction of sp³-hybridized carbons (Fsp3) is 0.583. The summed E-state index contributed by atoms with van der Waals surface area (Å²) in [5.41, 5.74) is 3.59. The fourth-order valence-electron chi connectivity index (χ4n) is 2.20. The number of hydrogen-bond donors (Lipinski definition) is 4. The van der Waals surface area contributed by atoms with Gasteiger partial charge in [0.05, 0.1) is 0 Å². The van der Waals surface area contributed by atoms with E-state index in [1.807, 2.05) is 0 Å². The number of amides is 1. The molecule has 7 heteroatoms. The summed E-state index contributed by atoms with van der Waals surface area (Å²) in [7, 11) is 0. The molecule has 1 saturated heterocycles. The van der Waals surface area contributed by atoms with E-state index >= 15 is 0 Å². The van der Waals surface area contributed by atoms with Gasteiger partial charge in [-0.1, -0.05) is 13.3 Å². The summed E-state index contributed by atoms with van der Waals surface area (Å²) in [6.07, 6.45) is 4.68. The van der Waals surface area contributed by atoms with Crippen molar-refractivity contribution in [3.63, 3.8) is 0 Å². The highest BCUT2D eigenvalue weighted by atomic mass is 16.1. The van der Waals surface area contributed by atoms with Gasteiger partial charge in [0.25, 0.3) is 0 Å². The molecule has 0 radical (unpaired) electrons. The Kier molecular flexibility index (Phi) is 4.51. The molecule has 0 aliphatic carbocycles. The second-order valence-electron chi connectivity index (χ2n) is 4.63. The lowest BCUT2D eigenvalue weighted by atomic mass is 10.1. The van der Waals surface area contributed by atoms with Crippen LogP contribution < -0.4 is 21.9 Å². The zero-order valence-electron chi connectivity index (χ0n) is 11.1. The third kappa shape index (κ3) is 3.31. The molecule has 1 aliphatic heterocycles. The van der Waals surface area contributed by atoms with Gasteiger partial charge < -0.3 is 16.1 Å². The van der Waals surface area contributed by atoms with Crippen molar-refractivity contribution < 1.29 is 4.79 Å². The van der Waals surface area contributed by atoms with E-state index in [0.29, 0.717) is 18.8 Å². The number of carbonyl (C=O) groups excluding carboxylic acids is 1. The summed E-state index contributed by atoms with van der Waals surface area (Å²) < 4.78 is 0. The van der Waals surface area contributed by atoms with E-state index in [9.17, 15) is 4.79 Å². The van der Waals surface area contributed by atoms with Crippen LogP contribution in [0.15, 0.2) is 6.33 Å². The predicted octanol–water partition coefficient (Wildman–Crippen LogP) is 0.405. The molecule has 1 aromatic heterocycles. The topological polar surface area (TPSA) is 105 Å². The number of carbonyl (C=O) groups is 1. The van der Waals surface area contributed by atoms with E-state index in [1.54, 1.807) is 0 Å². The van der Waals surface area contributed by atoms with Gasteiger partial charge >= 0.3 is 0 Å². The number of hydrogen-bond acceptors (Lipinski definition) is 6. The summed E-state index contributed by atoms with van der Waals surface area (Å²) in [6.45, 7) is 2.72. The predicted molar refractivity (Wildman–Crippen MR) is 73.5 cm³/mol. The average Bonchev–Trinajstić information content (AvgIpc) is 2.43. The summed E-state index contributed by atoms with van der Waals surface area (Å²) in [5, 5.41) is 6.22. The van der Waals surface area contributed by atoms with Gasteiger partial charge in [0.2, 0.25) is 5.91 Å². The zero-order chi connectivity index (χ0) is 13.7. The maximum absolute atomic E-state index is 11.1. The van der Waals surface area contributed by atoms with Crippen molar-refractivity contribution in [2.45, 2.75) is 38.6 Å². The monoisotopic (exact) mass is 264 g/mol. The van der Waals surface area contributed by atoms with Crippen LogP contribution in [0, 0.1) is 0 Å². The summed E-state index contributed by atoms with van der Waals surface area (Å²) >= 11 is 0. The molecule has 19 heavy (non-hydrogen) atoms. The Bertz CT molecular complexity index is 440. The number of hydrazine groups is 1. The number of aromatic nitrogens is 2. The number of piperidine rings is 1. The van der Waals surface area contributed by atoms with Gasteiger partial charge in [-0.25, -0.2) is 15.8 Å². The number of nitrogens with two attached hydrogens (primary N) is 1. The molecule has 2 rings (SSSR count). The molecule has 0 aromatic carbocycles. The maximum Gasteiger partial charge on any atom is 0.220 e. The SMILES string of the molecule is CCCc1c(NN)ncnc1NC1CCC(=O)NC1. The maximum atomic E-state index is 11.1. The van der Waals surface area contributed by atoms with Crippen molar-refractivity contribution in [2.75, 3.05) is 17.3 Å². The molecule has 2 heterocycles. The van der Waals surface area contributed by atoms with Crippen molar-refractivity contribution in [3.05, 3.63) is 11.9 Å². The second-order valence-corrected chi connectivity index (χ2v) is 4.63. The molecule has 1 fully saturated rings. The quantitative estimate of drug-likeness (QED) is 0.453. The van der Waals surface area contributed by atoms with Crippen LogP contribution in [0.4, 0.5) is 11.6 Å². The van der Waals surface area contributed by atoms with Crippen LogP contribution >= 0.6 is 0 Å². The minimum absolute atomic E-state index is 0.110. The van der Waals surface area contributed by atoms with Crippen LogP contribution in [0.3, 0.4) is 0 Å². The highest BCUT2D eigenvalue weighted by molar-refractivity contribution is 5.77. The normalized spacial score (nSPS) is 18.8. The number of rotatable bonds is 5. The lowest BCUT2D eigenvalue weighted by Crippen LogP contribution is -2.42. The summed E-state index contributed by atoms with van der Waals surface area (Å²) in [4.78, 5) is 19.6. The van der Waals surface area contributed by atoms with Crippen LogP contribution in [0.5, 0.6) is 0 Å².